The molecule has 3 aliphatic heterocycles. The van der Waals surface area contributed by atoms with Crippen molar-refractivity contribution in [3.63, 3.8) is 0 Å². The molecule has 7 nitrogen and oxygen atoms in total. The highest BCUT2D eigenvalue weighted by Gasteiger charge is 2.40. The highest BCUT2D eigenvalue weighted by Crippen LogP contribution is 2.33. The molecule has 1 aromatic rings. The second kappa shape index (κ2) is 6.97. The molecule has 2 unspecified atom stereocenters. The molecule has 3 aliphatic rings. The van der Waals surface area contributed by atoms with Gasteiger partial charge in [0.1, 0.15) is 6.04 Å². The summed E-state index contributed by atoms with van der Waals surface area (Å²) in [6.45, 7) is 7.27. The molecular weight excluding hydrogens is 356 g/mol. The molecule has 7 heteroatoms. The molecule has 0 saturated carbocycles. The number of fused-ring (bicyclic) bond motifs is 1. The van der Waals surface area contributed by atoms with Gasteiger partial charge >= 0.3 is 0 Å². The Morgan fingerprint density at radius 2 is 2.04 bits per heavy atom. The van der Waals surface area contributed by atoms with Gasteiger partial charge in [0.15, 0.2) is 0 Å². The lowest BCUT2D eigenvalue weighted by Crippen LogP contribution is -2.53. The van der Waals surface area contributed by atoms with Gasteiger partial charge in [0.05, 0.1) is 0 Å². The molecule has 0 spiro atoms. The average Bonchev–Trinajstić information content (AvgIpc) is 2.96. The Hall–Kier alpha value is -2.25. The maximum atomic E-state index is 13.2. The summed E-state index contributed by atoms with van der Waals surface area (Å²) in [6.07, 6.45) is 1.68. The standard InChI is InChI=1S/C21H28N4O3/c1-21(2)8-9-24(12-16(21)22)10-13-4-3-5-14-11-25(20(28)18(13)14)15-6-7-17(26)23-19(15)27/h3-5,15-16H,6-12,22H2,1-2H3,(H,23,26,27). The van der Waals surface area contributed by atoms with Gasteiger partial charge in [-0.25, -0.2) is 0 Å². The number of imide groups is 1. The normalized spacial score (nSPS) is 27.7. The zero-order valence-corrected chi connectivity index (χ0v) is 16.5. The number of amides is 3. The Labute approximate surface area is 165 Å². The lowest BCUT2D eigenvalue weighted by molar-refractivity contribution is -0.136. The minimum atomic E-state index is -0.574. The summed E-state index contributed by atoms with van der Waals surface area (Å²) in [5, 5.41) is 2.35. The summed E-state index contributed by atoms with van der Waals surface area (Å²) < 4.78 is 0. The van der Waals surface area contributed by atoms with Crippen LogP contribution in [0.15, 0.2) is 18.2 Å². The molecule has 4 rings (SSSR count). The molecule has 0 aromatic heterocycles. The number of benzene rings is 1. The van der Waals surface area contributed by atoms with E-state index in [2.05, 4.69) is 24.1 Å². The molecule has 1 aromatic carbocycles. The second-order valence-electron chi connectivity index (χ2n) is 8.93. The van der Waals surface area contributed by atoms with Crippen molar-refractivity contribution < 1.29 is 14.4 Å². The number of nitrogens with two attached hydrogens (primary N) is 1. The maximum absolute atomic E-state index is 13.2. The van der Waals surface area contributed by atoms with Crippen LogP contribution in [-0.2, 0) is 22.7 Å². The Morgan fingerprint density at radius 1 is 1.25 bits per heavy atom. The molecular formula is C21H28N4O3. The molecule has 0 bridgehead atoms. The van der Waals surface area contributed by atoms with Crippen molar-refractivity contribution in [3.05, 3.63) is 34.9 Å². The van der Waals surface area contributed by atoms with Crippen molar-refractivity contribution in [2.24, 2.45) is 11.1 Å². The van der Waals surface area contributed by atoms with Crippen LogP contribution in [0.5, 0.6) is 0 Å². The third-order valence-corrected chi connectivity index (χ3v) is 6.56. The molecule has 0 radical (unpaired) electrons. The number of likely N-dealkylation sites (tertiary alicyclic amines) is 1. The number of piperidine rings is 2. The third kappa shape index (κ3) is 3.33. The molecule has 2 saturated heterocycles. The highest BCUT2D eigenvalue weighted by molar-refractivity contribution is 6.05. The van der Waals surface area contributed by atoms with Crippen LogP contribution in [0.2, 0.25) is 0 Å². The maximum Gasteiger partial charge on any atom is 0.255 e. The summed E-state index contributed by atoms with van der Waals surface area (Å²) in [5.41, 5.74) is 9.14. The molecule has 2 atom stereocenters. The van der Waals surface area contributed by atoms with Crippen LogP contribution in [0.25, 0.3) is 0 Å². The number of nitrogens with zero attached hydrogens (tertiary/aromatic N) is 2. The Balaban J connectivity index is 1.53. The van der Waals surface area contributed by atoms with Gasteiger partial charge in [-0.15, -0.1) is 0 Å². The molecule has 3 N–H and O–H groups in total. The van der Waals surface area contributed by atoms with Crippen molar-refractivity contribution >= 4 is 17.7 Å². The van der Waals surface area contributed by atoms with E-state index in [0.29, 0.717) is 25.1 Å². The van der Waals surface area contributed by atoms with Crippen molar-refractivity contribution in [3.8, 4) is 0 Å². The van der Waals surface area contributed by atoms with Gasteiger partial charge in [0.2, 0.25) is 11.8 Å². The molecule has 150 valence electrons. The van der Waals surface area contributed by atoms with Crippen LogP contribution in [-0.4, -0.2) is 52.7 Å². The van der Waals surface area contributed by atoms with E-state index in [-0.39, 0.29) is 35.6 Å². The van der Waals surface area contributed by atoms with Crippen LogP contribution in [0.4, 0.5) is 0 Å². The van der Waals surface area contributed by atoms with E-state index in [1.165, 1.54) is 0 Å². The largest absolute Gasteiger partial charge is 0.326 e. The lowest BCUT2D eigenvalue weighted by atomic mass is 9.78. The fraction of sp³-hybridized carbons (Fsp3) is 0.571. The van der Waals surface area contributed by atoms with Crippen molar-refractivity contribution in [1.29, 1.82) is 0 Å². The summed E-state index contributed by atoms with van der Waals surface area (Å²) in [4.78, 5) is 40.8. The molecule has 3 heterocycles. The van der Waals surface area contributed by atoms with Crippen molar-refractivity contribution in [1.82, 2.24) is 15.1 Å². The van der Waals surface area contributed by atoms with E-state index >= 15 is 0 Å². The Bertz CT molecular complexity index is 835. The van der Waals surface area contributed by atoms with Crippen LogP contribution >= 0.6 is 0 Å². The van der Waals surface area contributed by atoms with Gasteiger partial charge in [0.25, 0.3) is 5.91 Å². The van der Waals surface area contributed by atoms with E-state index in [4.69, 9.17) is 5.73 Å². The fourth-order valence-corrected chi connectivity index (χ4v) is 4.45. The minimum absolute atomic E-state index is 0.105. The zero-order chi connectivity index (χ0) is 20.1. The van der Waals surface area contributed by atoms with Gasteiger partial charge in [0, 0.05) is 37.7 Å². The van der Waals surface area contributed by atoms with Crippen LogP contribution in [0, 0.1) is 5.41 Å². The molecule has 0 aliphatic carbocycles. The van der Waals surface area contributed by atoms with E-state index in [0.717, 1.165) is 30.6 Å². The molecule has 2 fully saturated rings. The Kier molecular flexibility index (Phi) is 4.75. The summed E-state index contributed by atoms with van der Waals surface area (Å²) >= 11 is 0. The van der Waals surface area contributed by atoms with Gasteiger partial charge in [-0.3, -0.25) is 24.6 Å². The number of carbonyl (C=O) groups is 3. The van der Waals surface area contributed by atoms with Crippen molar-refractivity contribution in [2.75, 3.05) is 13.1 Å². The van der Waals surface area contributed by atoms with Gasteiger partial charge in [-0.05, 0) is 35.9 Å². The van der Waals surface area contributed by atoms with Crippen LogP contribution in [0.3, 0.4) is 0 Å². The van der Waals surface area contributed by atoms with E-state index < -0.39 is 6.04 Å². The lowest BCUT2D eigenvalue weighted by Gasteiger charge is -2.42. The number of hydrogen-bond donors (Lipinski definition) is 2. The van der Waals surface area contributed by atoms with Crippen LogP contribution < -0.4 is 11.1 Å². The molecule has 28 heavy (non-hydrogen) atoms. The van der Waals surface area contributed by atoms with E-state index in [9.17, 15) is 14.4 Å². The molecule has 3 amide bonds. The smallest absolute Gasteiger partial charge is 0.255 e. The average molecular weight is 384 g/mol. The first-order chi connectivity index (χ1) is 13.3. The SMILES string of the molecule is CC1(C)CCN(Cc2cccc3c2C(=O)N(C2CCC(=O)NC2=O)C3)CC1N. The van der Waals surface area contributed by atoms with E-state index in [1.54, 1.807) is 4.90 Å². The van der Waals surface area contributed by atoms with Gasteiger partial charge in [-0.2, -0.15) is 0 Å². The number of nitrogens with one attached hydrogen (secondary N) is 1. The first-order valence-electron chi connectivity index (χ1n) is 9.99. The summed E-state index contributed by atoms with van der Waals surface area (Å²) in [6, 6.07) is 5.45. The van der Waals surface area contributed by atoms with Crippen LogP contribution in [0.1, 0.15) is 54.6 Å². The van der Waals surface area contributed by atoms with Gasteiger partial charge < -0.3 is 10.6 Å². The summed E-state index contributed by atoms with van der Waals surface area (Å²) in [5.74, 6) is -0.750. The minimum Gasteiger partial charge on any atom is -0.326 e. The van der Waals surface area contributed by atoms with E-state index in [1.807, 2.05) is 18.2 Å². The van der Waals surface area contributed by atoms with Gasteiger partial charge in [-0.1, -0.05) is 32.0 Å². The predicted octanol–water partition coefficient (Wildman–Crippen LogP) is 1.01. The third-order valence-electron chi connectivity index (χ3n) is 6.56. The zero-order valence-electron chi connectivity index (χ0n) is 16.5. The Morgan fingerprint density at radius 3 is 2.75 bits per heavy atom. The monoisotopic (exact) mass is 384 g/mol. The first-order valence-corrected chi connectivity index (χ1v) is 9.99. The number of rotatable bonds is 3. The van der Waals surface area contributed by atoms with Crippen molar-refractivity contribution in [2.45, 2.75) is 58.3 Å². The number of carbonyl (C=O) groups excluding carboxylic acids is 3. The fourth-order valence-electron chi connectivity index (χ4n) is 4.45. The predicted molar refractivity (Wildman–Crippen MR) is 104 cm³/mol. The second-order valence-corrected chi connectivity index (χ2v) is 8.93. The number of hydrogen-bond acceptors (Lipinski definition) is 5. The summed E-state index contributed by atoms with van der Waals surface area (Å²) in [7, 11) is 0. The topological polar surface area (TPSA) is 95.7 Å². The quantitative estimate of drug-likeness (QED) is 0.758. The highest BCUT2D eigenvalue weighted by atomic mass is 16.2. The first kappa shape index (κ1) is 19.1.